The molecule has 152 valence electrons. The molecule has 0 heterocycles. The van der Waals surface area contributed by atoms with Crippen molar-refractivity contribution in [1.82, 2.24) is 16.0 Å². The van der Waals surface area contributed by atoms with E-state index >= 15 is 0 Å². The van der Waals surface area contributed by atoms with Crippen LogP contribution in [0.3, 0.4) is 0 Å². The third-order valence-electron chi connectivity index (χ3n) is 4.23. The van der Waals surface area contributed by atoms with Gasteiger partial charge in [-0.25, -0.2) is 0 Å². The van der Waals surface area contributed by atoms with Crippen molar-refractivity contribution in [2.45, 2.75) is 26.9 Å². The van der Waals surface area contributed by atoms with E-state index in [0.717, 1.165) is 11.3 Å². The van der Waals surface area contributed by atoms with Gasteiger partial charge in [0.15, 0.2) is 5.96 Å². The van der Waals surface area contributed by atoms with Crippen molar-refractivity contribution in [3.8, 4) is 5.75 Å². The molecule has 0 aliphatic carbocycles. The number of ether oxygens (including phenoxy) is 1. The molecule has 2 rings (SSSR count). The number of hydrogen-bond acceptors (Lipinski definition) is 3. The Hall–Kier alpha value is -2.29. The van der Waals surface area contributed by atoms with E-state index in [-0.39, 0.29) is 36.4 Å². The lowest BCUT2D eigenvalue weighted by atomic mass is 10.1. The van der Waals surface area contributed by atoms with Crippen LogP contribution in [0.4, 0.5) is 0 Å². The summed E-state index contributed by atoms with van der Waals surface area (Å²) in [6.07, 6.45) is 0. The highest BCUT2D eigenvalue weighted by atomic mass is 127. The van der Waals surface area contributed by atoms with E-state index in [1.807, 2.05) is 24.3 Å². The van der Waals surface area contributed by atoms with Gasteiger partial charge in [0.25, 0.3) is 0 Å². The number of nitrogens with one attached hydrogen (secondary N) is 3. The molecule has 0 fully saturated rings. The van der Waals surface area contributed by atoms with Crippen LogP contribution in [-0.4, -0.2) is 32.6 Å². The highest BCUT2D eigenvalue weighted by Crippen LogP contribution is 2.11. The minimum Gasteiger partial charge on any atom is -0.497 e. The van der Waals surface area contributed by atoms with E-state index in [2.05, 4.69) is 53.0 Å². The SMILES string of the molecule is CN=C(NCC(=O)NCc1ccc(OC)cc1)NCc1ccc(C)cc1C.I. The zero-order chi connectivity index (χ0) is 19.6. The van der Waals surface area contributed by atoms with E-state index in [9.17, 15) is 4.79 Å². The standard InChI is InChI=1S/C21H28N4O2.HI/c1-15-5-8-18(16(2)11-15)13-24-21(22-3)25-14-20(26)23-12-17-6-9-19(27-4)10-7-17;/h5-11H,12-14H2,1-4H3,(H,23,26)(H2,22,24,25);1H. The molecule has 6 nitrogen and oxygen atoms in total. The van der Waals surface area contributed by atoms with Gasteiger partial charge in [0.05, 0.1) is 13.7 Å². The van der Waals surface area contributed by atoms with E-state index in [4.69, 9.17) is 4.74 Å². The van der Waals surface area contributed by atoms with Gasteiger partial charge in [-0.2, -0.15) is 0 Å². The molecule has 0 aliphatic heterocycles. The molecule has 0 radical (unpaired) electrons. The predicted molar refractivity (Wildman–Crippen MR) is 124 cm³/mol. The van der Waals surface area contributed by atoms with Crippen molar-refractivity contribution in [2.75, 3.05) is 20.7 Å². The van der Waals surface area contributed by atoms with Gasteiger partial charge in [0.1, 0.15) is 5.75 Å². The van der Waals surface area contributed by atoms with Crippen LogP contribution in [0, 0.1) is 13.8 Å². The van der Waals surface area contributed by atoms with Crippen LogP contribution in [0.1, 0.15) is 22.3 Å². The molecule has 2 aromatic rings. The molecule has 0 atom stereocenters. The van der Waals surface area contributed by atoms with Gasteiger partial charge in [0, 0.05) is 20.1 Å². The Bertz CT molecular complexity index is 791. The van der Waals surface area contributed by atoms with Gasteiger partial charge in [-0.1, -0.05) is 35.9 Å². The summed E-state index contributed by atoms with van der Waals surface area (Å²) >= 11 is 0. The summed E-state index contributed by atoms with van der Waals surface area (Å²) in [5, 5.41) is 9.14. The molecular weight excluding hydrogens is 467 g/mol. The van der Waals surface area contributed by atoms with Gasteiger partial charge < -0.3 is 20.7 Å². The fourth-order valence-electron chi connectivity index (χ4n) is 2.61. The minimum atomic E-state index is -0.0970. The normalized spacial score (nSPS) is 10.6. The lowest BCUT2D eigenvalue weighted by molar-refractivity contribution is -0.120. The van der Waals surface area contributed by atoms with Crippen LogP contribution in [0.15, 0.2) is 47.5 Å². The second kappa shape index (κ2) is 12.2. The Morgan fingerprint density at radius 3 is 2.32 bits per heavy atom. The Balaban J connectivity index is 0.00000392. The number of halogens is 1. The maximum atomic E-state index is 12.0. The van der Waals surface area contributed by atoms with Crippen molar-refractivity contribution < 1.29 is 9.53 Å². The number of amides is 1. The monoisotopic (exact) mass is 496 g/mol. The zero-order valence-electron chi connectivity index (χ0n) is 16.8. The van der Waals surface area contributed by atoms with E-state index in [1.165, 1.54) is 16.7 Å². The maximum Gasteiger partial charge on any atom is 0.239 e. The number of benzene rings is 2. The molecule has 0 aromatic heterocycles. The second-order valence-electron chi connectivity index (χ2n) is 6.33. The molecule has 7 heteroatoms. The average Bonchev–Trinajstić information content (AvgIpc) is 2.68. The lowest BCUT2D eigenvalue weighted by Crippen LogP contribution is -2.42. The first-order valence-corrected chi connectivity index (χ1v) is 8.92. The average molecular weight is 496 g/mol. The number of rotatable bonds is 7. The molecule has 2 aromatic carbocycles. The first-order chi connectivity index (χ1) is 13.0. The summed E-state index contributed by atoms with van der Waals surface area (Å²) in [4.78, 5) is 16.2. The fraction of sp³-hybridized carbons (Fsp3) is 0.333. The van der Waals surface area contributed by atoms with Crippen LogP contribution >= 0.6 is 24.0 Å². The van der Waals surface area contributed by atoms with Crippen molar-refractivity contribution in [3.63, 3.8) is 0 Å². The maximum absolute atomic E-state index is 12.0. The third-order valence-corrected chi connectivity index (χ3v) is 4.23. The van der Waals surface area contributed by atoms with Crippen LogP contribution in [0.2, 0.25) is 0 Å². The molecule has 0 unspecified atom stereocenters. The number of aliphatic imine (C=N–C) groups is 1. The zero-order valence-corrected chi connectivity index (χ0v) is 19.2. The largest absolute Gasteiger partial charge is 0.497 e. The molecule has 0 aliphatic rings. The summed E-state index contributed by atoms with van der Waals surface area (Å²) < 4.78 is 5.12. The van der Waals surface area contributed by atoms with E-state index in [0.29, 0.717) is 19.0 Å². The smallest absolute Gasteiger partial charge is 0.239 e. The summed E-state index contributed by atoms with van der Waals surface area (Å²) in [6, 6.07) is 13.9. The second-order valence-corrected chi connectivity index (χ2v) is 6.33. The van der Waals surface area contributed by atoms with Crippen molar-refractivity contribution in [1.29, 1.82) is 0 Å². The number of hydrogen-bond donors (Lipinski definition) is 3. The van der Waals surface area contributed by atoms with Crippen LogP contribution in [-0.2, 0) is 17.9 Å². The minimum absolute atomic E-state index is 0. The van der Waals surface area contributed by atoms with Gasteiger partial charge in [-0.15, -0.1) is 24.0 Å². The first-order valence-electron chi connectivity index (χ1n) is 8.92. The van der Waals surface area contributed by atoms with Crippen molar-refractivity contribution in [3.05, 3.63) is 64.7 Å². The summed E-state index contributed by atoms with van der Waals surface area (Å²) in [5.41, 5.74) is 4.69. The highest BCUT2D eigenvalue weighted by Gasteiger charge is 2.05. The van der Waals surface area contributed by atoms with Gasteiger partial charge >= 0.3 is 0 Å². The van der Waals surface area contributed by atoms with Crippen LogP contribution in [0.5, 0.6) is 5.75 Å². The molecule has 3 N–H and O–H groups in total. The Kier molecular flexibility index (Phi) is 10.4. The highest BCUT2D eigenvalue weighted by molar-refractivity contribution is 14.0. The summed E-state index contributed by atoms with van der Waals surface area (Å²) in [5.74, 6) is 1.29. The number of aryl methyl sites for hydroxylation is 2. The topological polar surface area (TPSA) is 74.8 Å². The Morgan fingerprint density at radius 1 is 1.00 bits per heavy atom. The van der Waals surface area contributed by atoms with Crippen molar-refractivity contribution in [2.24, 2.45) is 4.99 Å². The first kappa shape index (κ1) is 23.7. The summed E-state index contributed by atoms with van der Waals surface area (Å²) in [7, 11) is 3.32. The molecule has 0 saturated carbocycles. The number of guanidine groups is 1. The third kappa shape index (κ3) is 7.75. The number of nitrogens with zero attached hydrogens (tertiary/aromatic N) is 1. The molecular formula is C21H29IN4O2. The number of carbonyl (C=O) groups excluding carboxylic acids is 1. The van der Waals surface area contributed by atoms with Crippen molar-refractivity contribution >= 4 is 35.8 Å². The number of methoxy groups -OCH3 is 1. The van der Waals surface area contributed by atoms with Gasteiger partial charge in [-0.3, -0.25) is 9.79 Å². The fourth-order valence-corrected chi connectivity index (χ4v) is 2.61. The van der Waals surface area contributed by atoms with Gasteiger partial charge in [-0.05, 0) is 42.7 Å². The van der Waals surface area contributed by atoms with E-state index < -0.39 is 0 Å². The molecule has 0 saturated heterocycles. The summed E-state index contributed by atoms with van der Waals surface area (Å²) in [6.45, 7) is 5.45. The van der Waals surface area contributed by atoms with E-state index in [1.54, 1.807) is 14.2 Å². The molecule has 0 bridgehead atoms. The van der Waals surface area contributed by atoms with Gasteiger partial charge in [0.2, 0.25) is 5.91 Å². The molecule has 1 amide bonds. The molecule has 0 spiro atoms. The quantitative estimate of drug-likeness (QED) is 0.313. The Labute approximate surface area is 184 Å². The Morgan fingerprint density at radius 2 is 1.71 bits per heavy atom. The predicted octanol–water partition coefficient (Wildman–Crippen LogP) is 2.91. The van der Waals surface area contributed by atoms with Crippen LogP contribution < -0.4 is 20.7 Å². The molecule has 28 heavy (non-hydrogen) atoms. The van der Waals surface area contributed by atoms with Crippen LogP contribution in [0.25, 0.3) is 0 Å². The number of carbonyl (C=O) groups is 1. The lowest BCUT2D eigenvalue weighted by Gasteiger charge is -2.13.